The lowest BCUT2D eigenvalue weighted by Gasteiger charge is -2.13. The van der Waals surface area contributed by atoms with Gasteiger partial charge in [0.15, 0.2) is 0 Å². The van der Waals surface area contributed by atoms with Crippen LogP contribution in [0, 0.1) is 0 Å². The van der Waals surface area contributed by atoms with Crippen LogP contribution in [-0.2, 0) is 6.42 Å². The summed E-state index contributed by atoms with van der Waals surface area (Å²) in [5, 5.41) is 22.6. The molecule has 2 aromatic rings. The Morgan fingerprint density at radius 3 is 2.62 bits per heavy atom. The molecule has 0 radical (unpaired) electrons. The van der Waals surface area contributed by atoms with Crippen LogP contribution in [0.15, 0.2) is 48.5 Å². The predicted octanol–water partition coefficient (Wildman–Crippen LogP) is 2.27. The Labute approximate surface area is 125 Å². The summed E-state index contributed by atoms with van der Waals surface area (Å²) < 4.78 is 5.15. The second-order valence-corrected chi connectivity index (χ2v) is 4.91. The van der Waals surface area contributed by atoms with Gasteiger partial charge in [0.25, 0.3) is 0 Å². The molecular formula is C17H21NO3. The van der Waals surface area contributed by atoms with Gasteiger partial charge in [-0.05, 0) is 48.4 Å². The number of phenols is 1. The number of hydrogen-bond donors (Lipinski definition) is 3. The minimum atomic E-state index is -0.556. The topological polar surface area (TPSA) is 61.7 Å². The monoisotopic (exact) mass is 287 g/mol. The zero-order valence-corrected chi connectivity index (χ0v) is 12.1. The van der Waals surface area contributed by atoms with Gasteiger partial charge in [0, 0.05) is 6.54 Å². The van der Waals surface area contributed by atoms with Gasteiger partial charge in [0.05, 0.1) is 13.2 Å². The van der Waals surface area contributed by atoms with E-state index in [0.29, 0.717) is 6.54 Å². The van der Waals surface area contributed by atoms with Crippen LogP contribution in [0.25, 0.3) is 0 Å². The number of benzene rings is 2. The highest BCUT2D eigenvalue weighted by Gasteiger charge is 2.07. The number of aliphatic hydroxyl groups excluding tert-OH is 1. The zero-order valence-electron chi connectivity index (χ0n) is 12.1. The molecule has 2 rings (SSSR count). The van der Waals surface area contributed by atoms with Crippen LogP contribution in [0.3, 0.4) is 0 Å². The zero-order chi connectivity index (χ0) is 15.1. The fourth-order valence-corrected chi connectivity index (χ4v) is 2.10. The van der Waals surface area contributed by atoms with Crippen molar-refractivity contribution >= 4 is 0 Å². The smallest absolute Gasteiger partial charge is 0.119 e. The van der Waals surface area contributed by atoms with Crippen molar-refractivity contribution in [2.24, 2.45) is 0 Å². The standard InChI is InChI=1S/C17H21NO3/c1-21-16-4-2-3-14(11-16)17(20)12-18-10-9-13-5-7-15(19)8-6-13/h2-8,11,17-20H,9-10,12H2,1H3. The molecule has 0 aliphatic carbocycles. The molecule has 1 unspecified atom stereocenters. The molecule has 0 saturated carbocycles. The largest absolute Gasteiger partial charge is 0.508 e. The summed E-state index contributed by atoms with van der Waals surface area (Å²) in [7, 11) is 1.61. The number of hydrogen-bond acceptors (Lipinski definition) is 4. The molecule has 21 heavy (non-hydrogen) atoms. The number of aliphatic hydroxyl groups is 1. The van der Waals surface area contributed by atoms with Gasteiger partial charge >= 0.3 is 0 Å². The molecule has 4 heteroatoms. The van der Waals surface area contributed by atoms with Crippen LogP contribution in [-0.4, -0.2) is 30.4 Å². The maximum absolute atomic E-state index is 10.1. The van der Waals surface area contributed by atoms with Crippen molar-refractivity contribution in [3.63, 3.8) is 0 Å². The lowest BCUT2D eigenvalue weighted by Crippen LogP contribution is -2.23. The normalized spacial score (nSPS) is 12.1. The number of phenolic OH excluding ortho intramolecular Hbond substituents is 1. The lowest BCUT2D eigenvalue weighted by atomic mass is 10.1. The first kappa shape index (κ1) is 15.4. The molecular weight excluding hydrogens is 266 g/mol. The van der Waals surface area contributed by atoms with Crippen LogP contribution >= 0.6 is 0 Å². The Hall–Kier alpha value is -2.04. The van der Waals surface area contributed by atoms with Gasteiger partial charge < -0.3 is 20.3 Å². The molecule has 2 aromatic carbocycles. The highest BCUT2D eigenvalue weighted by atomic mass is 16.5. The second kappa shape index (κ2) is 7.67. The third kappa shape index (κ3) is 4.77. The van der Waals surface area contributed by atoms with Gasteiger partial charge in [-0.2, -0.15) is 0 Å². The molecule has 0 aliphatic heterocycles. The minimum Gasteiger partial charge on any atom is -0.508 e. The molecule has 4 nitrogen and oxygen atoms in total. The first-order chi connectivity index (χ1) is 10.2. The molecule has 0 bridgehead atoms. The summed E-state index contributed by atoms with van der Waals surface area (Å²) in [5.41, 5.74) is 1.99. The first-order valence-electron chi connectivity index (χ1n) is 6.99. The summed E-state index contributed by atoms with van der Waals surface area (Å²) in [6.07, 6.45) is 0.297. The Morgan fingerprint density at radius 2 is 1.90 bits per heavy atom. The van der Waals surface area contributed by atoms with E-state index in [9.17, 15) is 10.2 Å². The third-order valence-corrected chi connectivity index (χ3v) is 3.34. The first-order valence-corrected chi connectivity index (χ1v) is 6.99. The van der Waals surface area contributed by atoms with E-state index in [0.717, 1.165) is 29.8 Å². The number of methoxy groups -OCH3 is 1. The van der Waals surface area contributed by atoms with Gasteiger partial charge in [0.2, 0.25) is 0 Å². The average Bonchev–Trinajstić information content (AvgIpc) is 2.53. The fraction of sp³-hybridized carbons (Fsp3) is 0.294. The molecule has 0 spiro atoms. The molecule has 0 saturated heterocycles. The van der Waals surface area contributed by atoms with Crippen molar-refractivity contribution in [2.45, 2.75) is 12.5 Å². The summed E-state index contributed by atoms with van der Waals surface area (Å²) in [5.74, 6) is 1.02. The third-order valence-electron chi connectivity index (χ3n) is 3.34. The number of rotatable bonds is 7. The highest BCUT2D eigenvalue weighted by molar-refractivity contribution is 5.30. The second-order valence-electron chi connectivity index (χ2n) is 4.91. The molecule has 0 heterocycles. The summed E-state index contributed by atoms with van der Waals surface area (Å²) in [6, 6.07) is 14.6. The quantitative estimate of drug-likeness (QED) is 0.684. The summed E-state index contributed by atoms with van der Waals surface area (Å²) in [4.78, 5) is 0. The molecule has 3 N–H and O–H groups in total. The van der Waals surface area contributed by atoms with E-state index in [4.69, 9.17) is 4.74 Å². The van der Waals surface area contributed by atoms with Gasteiger partial charge in [-0.25, -0.2) is 0 Å². The van der Waals surface area contributed by atoms with Gasteiger partial charge in [0.1, 0.15) is 11.5 Å². The Morgan fingerprint density at radius 1 is 1.14 bits per heavy atom. The summed E-state index contributed by atoms with van der Waals surface area (Å²) >= 11 is 0. The molecule has 112 valence electrons. The van der Waals surface area contributed by atoms with Crippen LogP contribution in [0.5, 0.6) is 11.5 Å². The fourth-order valence-electron chi connectivity index (χ4n) is 2.10. The molecule has 0 fully saturated rings. The van der Waals surface area contributed by atoms with Crippen molar-refractivity contribution < 1.29 is 14.9 Å². The average molecular weight is 287 g/mol. The van der Waals surface area contributed by atoms with Crippen molar-refractivity contribution in [1.82, 2.24) is 5.32 Å². The van der Waals surface area contributed by atoms with Crippen molar-refractivity contribution in [3.05, 3.63) is 59.7 Å². The van der Waals surface area contributed by atoms with Gasteiger partial charge in [-0.1, -0.05) is 24.3 Å². The lowest BCUT2D eigenvalue weighted by molar-refractivity contribution is 0.174. The van der Waals surface area contributed by atoms with Crippen molar-refractivity contribution in [2.75, 3.05) is 20.2 Å². The van der Waals surface area contributed by atoms with E-state index in [1.54, 1.807) is 19.2 Å². The van der Waals surface area contributed by atoms with E-state index in [1.165, 1.54) is 0 Å². The Bertz CT molecular complexity index is 554. The van der Waals surface area contributed by atoms with E-state index in [2.05, 4.69) is 5.32 Å². The van der Waals surface area contributed by atoms with E-state index in [1.807, 2.05) is 36.4 Å². The molecule has 0 amide bonds. The maximum atomic E-state index is 10.1. The van der Waals surface area contributed by atoms with Crippen LogP contribution in [0.1, 0.15) is 17.2 Å². The van der Waals surface area contributed by atoms with E-state index in [-0.39, 0.29) is 5.75 Å². The van der Waals surface area contributed by atoms with Crippen LogP contribution in [0.2, 0.25) is 0 Å². The Balaban J connectivity index is 1.76. The van der Waals surface area contributed by atoms with Crippen LogP contribution in [0.4, 0.5) is 0 Å². The van der Waals surface area contributed by atoms with Gasteiger partial charge in [-0.15, -0.1) is 0 Å². The van der Waals surface area contributed by atoms with Crippen LogP contribution < -0.4 is 10.1 Å². The molecule has 0 aromatic heterocycles. The Kier molecular flexibility index (Phi) is 5.60. The number of ether oxygens (including phenoxy) is 1. The molecule has 0 aliphatic rings. The van der Waals surface area contributed by atoms with Crippen molar-refractivity contribution in [3.8, 4) is 11.5 Å². The van der Waals surface area contributed by atoms with Gasteiger partial charge in [-0.3, -0.25) is 0 Å². The number of nitrogens with one attached hydrogen (secondary N) is 1. The number of aromatic hydroxyl groups is 1. The SMILES string of the molecule is COc1cccc(C(O)CNCCc2ccc(O)cc2)c1. The van der Waals surface area contributed by atoms with Crippen molar-refractivity contribution in [1.29, 1.82) is 0 Å². The maximum Gasteiger partial charge on any atom is 0.119 e. The summed E-state index contributed by atoms with van der Waals surface area (Å²) in [6.45, 7) is 1.26. The highest BCUT2D eigenvalue weighted by Crippen LogP contribution is 2.18. The molecule has 1 atom stereocenters. The minimum absolute atomic E-state index is 0.278. The van der Waals surface area contributed by atoms with E-state index >= 15 is 0 Å². The predicted molar refractivity (Wildman–Crippen MR) is 82.6 cm³/mol. The van der Waals surface area contributed by atoms with E-state index < -0.39 is 6.10 Å².